The van der Waals surface area contributed by atoms with Gasteiger partial charge in [0.15, 0.2) is 23.1 Å². The molecular formula is C47H54N14O7S. The SMILES string of the molecule is CNC(=O)c1nnc(Nc2ccc(C(=O)NCC(=O)N[C@H](C(=O)N3C[C@H](O)C[C@H]3C(=O)N[C@@H](C)c3ccc(-c4scnc4C)cc3)C(C)(C)C)cn2)cc1Nc1cccc(-c2ncn(C)n2)c1OC. The van der Waals surface area contributed by atoms with Crippen LogP contribution in [-0.4, -0.2) is 120 Å². The Labute approximate surface area is 401 Å². The summed E-state index contributed by atoms with van der Waals surface area (Å²) in [6.45, 7) is 8.55. The van der Waals surface area contributed by atoms with Crippen LogP contribution in [-0.2, 0) is 21.4 Å². The lowest BCUT2D eigenvalue weighted by Crippen LogP contribution is -2.58. The second-order valence-electron chi connectivity index (χ2n) is 17.4. The van der Waals surface area contributed by atoms with E-state index in [0.29, 0.717) is 22.8 Å². The Morgan fingerprint density at radius 2 is 1.70 bits per heavy atom. The van der Waals surface area contributed by atoms with Crippen molar-refractivity contribution in [3.8, 4) is 27.6 Å². The summed E-state index contributed by atoms with van der Waals surface area (Å²) in [4.78, 5) is 82.6. The third-order valence-corrected chi connectivity index (χ3v) is 12.3. The van der Waals surface area contributed by atoms with E-state index in [-0.39, 0.29) is 41.5 Å². The highest BCUT2D eigenvalue weighted by Gasteiger charge is 2.44. The van der Waals surface area contributed by atoms with Crippen molar-refractivity contribution < 1.29 is 33.8 Å². The molecule has 1 aliphatic rings. The molecule has 1 saturated heterocycles. The van der Waals surface area contributed by atoms with Crippen molar-refractivity contribution in [3.05, 3.63) is 101 Å². The first-order valence-electron chi connectivity index (χ1n) is 21.9. The number of hydrogen-bond acceptors (Lipinski definition) is 16. The molecular weight excluding hydrogens is 905 g/mol. The number of aliphatic hydroxyl groups excluding tert-OH is 1. The number of ether oxygens (including phenoxy) is 1. The molecule has 4 atom stereocenters. The maximum atomic E-state index is 14.2. The lowest BCUT2D eigenvalue weighted by molar-refractivity contribution is -0.144. The Kier molecular flexibility index (Phi) is 14.9. The van der Waals surface area contributed by atoms with Gasteiger partial charge in [0.25, 0.3) is 11.8 Å². The van der Waals surface area contributed by atoms with Gasteiger partial charge in [-0.1, -0.05) is 51.1 Å². The van der Waals surface area contributed by atoms with E-state index >= 15 is 0 Å². The summed E-state index contributed by atoms with van der Waals surface area (Å²) in [5.41, 5.74) is 5.34. The van der Waals surface area contributed by atoms with Crippen LogP contribution in [0.15, 0.2) is 78.7 Å². The molecule has 5 amide bonds. The van der Waals surface area contributed by atoms with Crippen molar-refractivity contribution in [2.75, 3.05) is 37.9 Å². The maximum absolute atomic E-state index is 14.2. The molecule has 4 aromatic heterocycles. The second kappa shape index (κ2) is 21.0. The minimum atomic E-state index is -1.10. The number of nitrogens with one attached hydrogen (secondary N) is 6. The van der Waals surface area contributed by atoms with E-state index in [1.807, 2.05) is 44.2 Å². The van der Waals surface area contributed by atoms with Gasteiger partial charge in [-0.05, 0) is 54.7 Å². The first-order valence-corrected chi connectivity index (χ1v) is 22.8. The van der Waals surface area contributed by atoms with Gasteiger partial charge in [0.2, 0.25) is 17.7 Å². The number of aliphatic hydroxyl groups is 1. The van der Waals surface area contributed by atoms with Gasteiger partial charge in [-0.3, -0.25) is 28.7 Å². The molecule has 1 aliphatic heterocycles. The molecule has 7 N–H and O–H groups in total. The normalized spacial score (nSPS) is 15.4. The molecule has 69 heavy (non-hydrogen) atoms. The minimum absolute atomic E-state index is 0.00174. The number of methoxy groups -OCH3 is 1. The molecule has 21 nitrogen and oxygen atoms in total. The van der Waals surface area contributed by atoms with Crippen molar-refractivity contribution in [2.24, 2.45) is 12.5 Å². The minimum Gasteiger partial charge on any atom is -0.494 e. The monoisotopic (exact) mass is 958 g/mol. The van der Waals surface area contributed by atoms with Gasteiger partial charge in [-0.2, -0.15) is 5.10 Å². The predicted molar refractivity (Wildman–Crippen MR) is 258 cm³/mol. The van der Waals surface area contributed by atoms with Crippen LogP contribution in [0, 0.1) is 12.3 Å². The third-order valence-electron chi connectivity index (χ3n) is 11.3. The number of carbonyl (C=O) groups is 5. The van der Waals surface area contributed by atoms with E-state index in [4.69, 9.17) is 4.74 Å². The Bertz CT molecular complexity index is 2840. The van der Waals surface area contributed by atoms with Crippen LogP contribution in [0.4, 0.5) is 23.0 Å². The van der Waals surface area contributed by atoms with Crippen LogP contribution in [0.25, 0.3) is 21.8 Å². The standard InChI is InChI=1S/C47H54N14O7S/c1-25(27-12-14-28(15-13-27)40-26(2)52-24-69-40)53-44(65)34-18-30(62)22-61(34)46(67)41(47(3,4)5)56-37(63)21-50-43(64)29-16-17-35(49-20-29)55-36-19-33(38(58-57-36)45(66)48-6)54-32-11-9-10-31(39(32)68-8)42-51-23-60(7)59-42/h9-17,19-20,23-25,30,34,41,62H,18,21-22H2,1-8H3,(H,48,66)(H,50,64)(H,53,65)(H,56,63)(H2,49,54,55,57)/t25-,30+,34-,41+/m0/s1. The number of carbonyl (C=O) groups excluding carboxylic acids is 5. The largest absolute Gasteiger partial charge is 0.494 e. The fourth-order valence-corrected chi connectivity index (χ4v) is 8.51. The van der Waals surface area contributed by atoms with Gasteiger partial charge in [0.1, 0.15) is 24.2 Å². The van der Waals surface area contributed by atoms with Crippen molar-refractivity contribution in [2.45, 2.75) is 65.3 Å². The molecule has 0 radical (unpaired) electrons. The van der Waals surface area contributed by atoms with Crippen molar-refractivity contribution in [1.29, 1.82) is 0 Å². The van der Waals surface area contributed by atoms with Crippen LogP contribution in [0.3, 0.4) is 0 Å². The number of para-hydroxylation sites is 1. The third kappa shape index (κ3) is 11.5. The molecule has 6 aromatic rings. The smallest absolute Gasteiger partial charge is 0.273 e. The van der Waals surface area contributed by atoms with E-state index in [2.05, 4.69) is 62.1 Å². The highest BCUT2D eigenvalue weighted by Crippen LogP contribution is 2.37. The number of rotatable bonds is 16. The highest BCUT2D eigenvalue weighted by atomic mass is 32.1. The zero-order valence-corrected chi connectivity index (χ0v) is 40.1. The topological polar surface area (TPSA) is 272 Å². The summed E-state index contributed by atoms with van der Waals surface area (Å²) in [6, 6.07) is 15.3. The molecule has 360 valence electrons. The van der Waals surface area contributed by atoms with E-state index in [0.717, 1.165) is 21.7 Å². The van der Waals surface area contributed by atoms with Crippen molar-refractivity contribution in [3.63, 3.8) is 0 Å². The molecule has 2 aromatic carbocycles. The first kappa shape index (κ1) is 49.1. The fourth-order valence-electron chi connectivity index (χ4n) is 7.70. The molecule has 1 fully saturated rings. The quantitative estimate of drug-likeness (QED) is 0.0721. The number of aromatic nitrogens is 7. The Morgan fingerprint density at radius 1 is 0.928 bits per heavy atom. The number of thiazole rings is 1. The van der Waals surface area contributed by atoms with Gasteiger partial charge >= 0.3 is 0 Å². The van der Waals surface area contributed by atoms with Crippen LogP contribution in [0.5, 0.6) is 5.75 Å². The molecule has 22 heteroatoms. The number of aryl methyl sites for hydroxylation is 2. The van der Waals surface area contributed by atoms with Crippen molar-refractivity contribution in [1.82, 2.24) is 61.1 Å². The lowest BCUT2D eigenvalue weighted by atomic mass is 9.85. The summed E-state index contributed by atoms with van der Waals surface area (Å²) < 4.78 is 7.30. The zero-order chi connectivity index (χ0) is 49.6. The summed E-state index contributed by atoms with van der Waals surface area (Å²) in [5, 5.41) is 40.4. The zero-order valence-electron chi connectivity index (χ0n) is 39.3. The molecule has 0 aliphatic carbocycles. The van der Waals surface area contributed by atoms with Crippen LogP contribution < -0.4 is 36.6 Å². The number of benzene rings is 2. The van der Waals surface area contributed by atoms with E-state index in [9.17, 15) is 29.1 Å². The van der Waals surface area contributed by atoms with Gasteiger partial charge in [0, 0.05) is 39.3 Å². The number of amides is 5. The summed E-state index contributed by atoms with van der Waals surface area (Å²) in [6.07, 6.45) is 1.96. The van der Waals surface area contributed by atoms with Gasteiger partial charge in [-0.25, -0.2) is 15.0 Å². The van der Waals surface area contributed by atoms with Crippen LogP contribution in [0.1, 0.15) is 72.3 Å². The summed E-state index contributed by atoms with van der Waals surface area (Å²) >= 11 is 1.55. The van der Waals surface area contributed by atoms with Crippen molar-refractivity contribution >= 4 is 63.9 Å². The number of pyridine rings is 1. The summed E-state index contributed by atoms with van der Waals surface area (Å²) in [7, 11) is 4.74. The summed E-state index contributed by atoms with van der Waals surface area (Å²) in [5.74, 6) is -1.34. The lowest BCUT2D eigenvalue weighted by Gasteiger charge is -2.35. The Morgan fingerprint density at radius 3 is 2.33 bits per heavy atom. The molecule has 0 unspecified atom stereocenters. The molecule has 0 spiro atoms. The van der Waals surface area contributed by atoms with Crippen LogP contribution >= 0.6 is 11.3 Å². The average molecular weight is 959 g/mol. The second-order valence-corrected chi connectivity index (χ2v) is 18.3. The number of nitrogens with zero attached hydrogens (tertiary/aromatic N) is 8. The fraction of sp³-hybridized carbons (Fsp3) is 0.340. The van der Waals surface area contributed by atoms with E-state index in [1.165, 1.54) is 37.4 Å². The van der Waals surface area contributed by atoms with Crippen LogP contribution in [0.2, 0.25) is 0 Å². The van der Waals surface area contributed by atoms with E-state index < -0.39 is 65.7 Å². The highest BCUT2D eigenvalue weighted by molar-refractivity contribution is 7.13. The molecule has 7 rings (SSSR count). The van der Waals surface area contributed by atoms with Gasteiger partial charge in [0.05, 0.1) is 64.4 Å². The first-order chi connectivity index (χ1) is 32.9. The average Bonchev–Trinajstić information content (AvgIpc) is 4.08. The van der Waals surface area contributed by atoms with Gasteiger partial charge < -0.3 is 46.6 Å². The Balaban J connectivity index is 0.957. The van der Waals surface area contributed by atoms with Gasteiger partial charge in [-0.15, -0.1) is 21.5 Å². The molecule has 5 heterocycles. The predicted octanol–water partition coefficient (Wildman–Crippen LogP) is 4.05. The number of β-amino-alcohol motifs (C(OH)–C–C–N with tert-alkyl or cyclic N) is 1. The number of anilines is 4. The number of hydrogen-bond donors (Lipinski definition) is 7. The Hall–Kier alpha value is -7.85. The maximum Gasteiger partial charge on any atom is 0.273 e. The molecule has 0 saturated carbocycles. The molecule has 0 bridgehead atoms. The number of likely N-dealkylation sites (tertiary alicyclic amines) is 1. The van der Waals surface area contributed by atoms with E-state index in [1.54, 1.807) is 73.9 Å².